The molecule has 0 bridgehead atoms. The fraction of sp³-hybridized carbons (Fsp3) is 0.556. The molecular formula is C18H27N3O2. The molecule has 1 saturated heterocycles. The van der Waals surface area contributed by atoms with Gasteiger partial charge in [-0.05, 0) is 58.8 Å². The third kappa shape index (κ3) is 4.79. The minimum absolute atomic E-state index is 0.130. The molecule has 0 aliphatic carbocycles. The summed E-state index contributed by atoms with van der Waals surface area (Å²) in [5.41, 5.74) is 0.598. The number of carbonyl (C=O) groups is 2. The maximum Gasteiger partial charge on any atom is 0.325 e. The van der Waals surface area contributed by atoms with Crippen LogP contribution in [0.2, 0.25) is 0 Å². The second kappa shape index (κ2) is 7.59. The van der Waals surface area contributed by atoms with E-state index in [0.29, 0.717) is 6.54 Å². The Hall–Kier alpha value is -1.88. The molecule has 0 aromatic heterocycles. The van der Waals surface area contributed by atoms with Gasteiger partial charge in [0.25, 0.3) is 5.91 Å². The Labute approximate surface area is 138 Å². The number of hydrogen-bond donors (Lipinski definition) is 1. The number of benzene rings is 1. The van der Waals surface area contributed by atoms with Crippen molar-refractivity contribution in [2.75, 3.05) is 26.7 Å². The predicted molar refractivity (Wildman–Crippen MR) is 91.2 cm³/mol. The third-order valence-electron chi connectivity index (χ3n) is 4.21. The summed E-state index contributed by atoms with van der Waals surface area (Å²) in [6, 6.07) is 10.2. The van der Waals surface area contributed by atoms with E-state index in [0.717, 1.165) is 32.4 Å². The molecule has 0 unspecified atom stereocenters. The van der Waals surface area contributed by atoms with Crippen molar-refractivity contribution in [1.29, 1.82) is 0 Å². The molecule has 5 heteroatoms. The normalized spacial score (nSPS) is 17.0. The number of nitrogens with zero attached hydrogens (tertiary/aromatic N) is 2. The van der Waals surface area contributed by atoms with Gasteiger partial charge in [0.05, 0.1) is 0 Å². The van der Waals surface area contributed by atoms with Gasteiger partial charge in [-0.15, -0.1) is 0 Å². The molecule has 126 valence electrons. The number of imide groups is 1. The van der Waals surface area contributed by atoms with Crippen LogP contribution in [0.15, 0.2) is 30.3 Å². The average molecular weight is 317 g/mol. The first kappa shape index (κ1) is 17.5. The maximum absolute atomic E-state index is 12.1. The fourth-order valence-electron chi connectivity index (χ4n) is 2.83. The van der Waals surface area contributed by atoms with E-state index in [9.17, 15) is 9.59 Å². The van der Waals surface area contributed by atoms with Crippen LogP contribution in [-0.4, -0.2) is 54.0 Å². The second-order valence-corrected chi connectivity index (χ2v) is 6.76. The molecule has 1 heterocycles. The summed E-state index contributed by atoms with van der Waals surface area (Å²) >= 11 is 0. The van der Waals surface area contributed by atoms with Gasteiger partial charge >= 0.3 is 6.03 Å². The first-order valence-electron chi connectivity index (χ1n) is 8.27. The largest absolute Gasteiger partial charge is 0.325 e. The fourth-order valence-corrected chi connectivity index (χ4v) is 2.83. The smallest absolute Gasteiger partial charge is 0.324 e. The molecule has 0 spiro atoms. The van der Waals surface area contributed by atoms with E-state index < -0.39 is 5.54 Å². The second-order valence-electron chi connectivity index (χ2n) is 6.76. The number of nitrogens with one attached hydrogen (secondary N) is 1. The lowest BCUT2D eigenvalue weighted by Crippen LogP contribution is -2.40. The van der Waals surface area contributed by atoms with E-state index in [1.807, 2.05) is 6.07 Å². The van der Waals surface area contributed by atoms with E-state index >= 15 is 0 Å². The van der Waals surface area contributed by atoms with Crippen molar-refractivity contribution >= 4 is 11.9 Å². The summed E-state index contributed by atoms with van der Waals surface area (Å²) in [6.45, 7) is 5.86. The van der Waals surface area contributed by atoms with Crippen molar-refractivity contribution in [3.05, 3.63) is 35.9 Å². The van der Waals surface area contributed by atoms with Crippen LogP contribution in [0.25, 0.3) is 0 Å². The zero-order valence-corrected chi connectivity index (χ0v) is 14.3. The molecule has 0 atom stereocenters. The van der Waals surface area contributed by atoms with Gasteiger partial charge in [0, 0.05) is 6.54 Å². The zero-order valence-electron chi connectivity index (χ0n) is 14.3. The topological polar surface area (TPSA) is 52.6 Å². The molecule has 1 N–H and O–H groups in total. The summed E-state index contributed by atoms with van der Waals surface area (Å²) in [6.07, 6.45) is 2.99. The number of urea groups is 1. The zero-order chi connectivity index (χ0) is 16.9. The lowest BCUT2D eigenvalue weighted by molar-refractivity contribution is -0.130. The first-order chi connectivity index (χ1) is 10.9. The van der Waals surface area contributed by atoms with E-state index in [1.54, 1.807) is 13.8 Å². The Morgan fingerprint density at radius 1 is 1.09 bits per heavy atom. The minimum atomic E-state index is -0.765. The summed E-state index contributed by atoms with van der Waals surface area (Å²) < 4.78 is 0. The Kier molecular flexibility index (Phi) is 5.77. The summed E-state index contributed by atoms with van der Waals surface area (Å²) in [5, 5.41) is 2.71. The van der Waals surface area contributed by atoms with Gasteiger partial charge in [-0.25, -0.2) is 4.79 Å². The Balaban J connectivity index is 1.64. The van der Waals surface area contributed by atoms with Crippen molar-refractivity contribution in [1.82, 2.24) is 15.1 Å². The van der Waals surface area contributed by atoms with Gasteiger partial charge < -0.3 is 10.2 Å². The van der Waals surface area contributed by atoms with Gasteiger partial charge in [-0.2, -0.15) is 0 Å². The third-order valence-corrected chi connectivity index (χ3v) is 4.21. The van der Waals surface area contributed by atoms with Crippen LogP contribution >= 0.6 is 0 Å². The standard InChI is InChI=1S/C18H27N3O2/c1-18(2)16(22)21(17(23)19-18)14-8-13-20(3)12-7-11-15-9-5-4-6-10-15/h4-6,9-10H,7-8,11-14H2,1-3H3,(H,19,23). The van der Waals surface area contributed by atoms with Crippen molar-refractivity contribution in [3.8, 4) is 0 Å². The van der Waals surface area contributed by atoms with Crippen LogP contribution in [0.3, 0.4) is 0 Å². The van der Waals surface area contributed by atoms with Crippen molar-refractivity contribution in [2.24, 2.45) is 0 Å². The molecule has 5 nitrogen and oxygen atoms in total. The van der Waals surface area contributed by atoms with Crippen LogP contribution in [0.4, 0.5) is 4.79 Å². The van der Waals surface area contributed by atoms with Crippen molar-refractivity contribution < 1.29 is 9.59 Å². The van der Waals surface area contributed by atoms with Crippen LogP contribution in [0, 0.1) is 0 Å². The highest BCUT2D eigenvalue weighted by Crippen LogP contribution is 2.16. The molecule has 1 aromatic carbocycles. The molecule has 1 aromatic rings. The quantitative estimate of drug-likeness (QED) is 0.748. The van der Waals surface area contributed by atoms with Gasteiger partial charge in [0.1, 0.15) is 5.54 Å². The number of rotatable bonds is 8. The van der Waals surface area contributed by atoms with E-state index in [4.69, 9.17) is 0 Å². The predicted octanol–water partition coefficient (Wildman–Crippen LogP) is 2.27. The summed E-state index contributed by atoms with van der Waals surface area (Å²) in [4.78, 5) is 27.4. The highest BCUT2D eigenvalue weighted by molar-refractivity contribution is 6.06. The summed E-state index contributed by atoms with van der Waals surface area (Å²) in [7, 11) is 2.08. The Bertz CT molecular complexity index is 542. The van der Waals surface area contributed by atoms with Gasteiger partial charge in [-0.1, -0.05) is 30.3 Å². The molecule has 0 saturated carbocycles. The van der Waals surface area contributed by atoms with Gasteiger partial charge in [0.15, 0.2) is 0 Å². The van der Waals surface area contributed by atoms with Crippen LogP contribution in [0.5, 0.6) is 0 Å². The Morgan fingerprint density at radius 2 is 1.74 bits per heavy atom. The lowest BCUT2D eigenvalue weighted by Gasteiger charge is -2.19. The SMILES string of the molecule is CN(CCCc1ccccc1)CCCN1C(=O)NC(C)(C)C1=O. The molecule has 1 fully saturated rings. The number of amides is 3. The highest BCUT2D eigenvalue weighted by atomic mass is 16.2. The van der Waals surface area contributed by atoms with E-state index in [1.165, 1.54) is 10.5 Å². The molecular weight excluding hydrogens is 290 g/mol. The van der Waals surface area contributed by atoms with Gasteiger partial charge in [0.2, 0.25) is 0 Å². The van der Waals surface area contributed by atoms with Crippen LogP contribution < -0.4 is 5.32 Å². The average Bonchev–Trinajstić information content (AvgIpc) is 2.70. The lowest BCUT2D eigenvalue weighted by atomic mass is 10.1. The monoisotopic (exact) mass is 317 g/mol. The maximum atomic E-state index is 12.1. The van der Waals surface area contributed by atoms with Gasteiger partial charge in [-0.3, -0.25) is 9.69 Å². The molecule has 1 aliphatic rings. The first-order valence-corrected chi connectivity index (χ1v) is 8.27. The Morgan fingerprint density at radius 3 is 2.35 bits per heavy atom. The molecule has 1 aliphatic heterocycles. The molecule has 3 amide bonds. The molecule has 0 radical (unpaired) electrons. The number of aryl methyl sites for hydroxylation is 1. The molecule has 23 heavy (non-hydrogen) atoms. The van der Waals surface area contributed by atoms with Crippen molar-refractivity contribution in [2.45, 2.75) is 38.6 Å². The number of hydrogen-bond acceptors (Lipinski definition) is 3. The number of carbonyl (C=O) groups excluding carboxylic acids is 2. The molecule has 2 rings (SSSR count). The van der Waals surface area contributed by atoms with E-state index in [-0.39, 0.29) is 11.9 Å². The van der Waals surface area contributed by atoms with Crippen LogP contribution in [-0.2, 0) is 11.2 Å². The van der Waals surface area contributed by atoms with E-state index in [2.05, 4.69) is 41.5 Å². The van der Waals surface area contributed by atoms with Crippen molar-refractivity contribution in [3.63, 3.8) is 0 Å². The minimum Gasteiger partial charge on any atom is -0.324 e. The highest BCUT2D eigenvalue weighted by Gasteiger charge is 2.43. The summed E-state index contributed by atoms with van der Waals surface area (Å²) in [5.74, 6) is -0.130. The van der Waals surface area contributed by atoms with Crippen LogP contribution in [0.1, 0.15) is 32.3 Å².